The molecule has 0 saturated carbocycles. The fourth-order valence-corrected chi connectivity index (χ4v) is 2.41. The van der Waals surface area contributed by atoms with Crippen LogP contribution in [0.1, 0.15) is 10.4 Å². The zero-order valence-corrected chi connectivity index (χ0v) is 13.8. The van der Waals surface area contributed by atoms with Gasteiger partial charge in [-0.05, 0) is 41.8 Å². The molecule has 0 aliphatic rings. The van der Waals surface area contributed by atoms with Gasteiger partial charge in [0.05, 0.1) is 5.56 Å². The van der Waals surface area contributed by atoms with Gasteiger partial charge in [0, 0.05) is 11.5 Å². The largest absolute Gasteiger partial charge is 0.489 e. The third-order valence-electron chi connectivity index (χ3n) is 3.68. The topological polar surface area (TPSA) is 35.5 Å². The van der Waals surface area contributed by atoms with Gasteiger partial charge in [0.25, 0.3) is 0 Å². The van der Waals surface area contributed by atoms with Crippen LogP contribution in [0.25, 0.3) is 10.8 Å². The lowest BCUT2D eigenvalue weighted by Gasteiger charge is -2.09. The third-order valence-corrected chi connectivity index (χ3v) is 3.68. The standard InChI is InChI=1S/C20H12F4O3/c1-2-7-26-12-3-6-15(16(21)10-12)20(25)27-13-4-5-14-11(8-13)9-17(22)19(24)18(14)23/h2-6,8-10H,1,7H2. The van der Waals surface area contributed by atoms with Crippen molar-refractivity contribution in [3.8, 4) is 11.5 Å². The Kier molecular flexibility index (Phi) is 5.12. The van der Waals surface area contributed by atoms with Crippen LogP contribution >= 0.6 is 0 Å². The first-order valence-corrected chi connectivity index (χ1v) is 7.73. The minimum atomic E-state index is -1.59. The minimum Gasteiger partial charge on any atom is -0.489 e. The number of hydrogen-bond acceptors (Lipinski definition) is 3. The number of benzene rings is 3. The molecule has 3 nitrogen and oxygen atoms in total. The monoisotopic (exact) mass is 376 g/mol. The molecule has 0 amide bonds. The minimum absolute atomic E-state index is 0.00894. The number of fused-ring (bicyclic) bond motifs is 1. The Morgan fingerprint density at radius 1 is 0.926 bits per heavy atom. The van der Waals surface area contributed by atoms with E-state index in [0.717, 1.165) is 24.3 Å². The van der Waals surface area contributed by atoms with Gasteiger partial charge in [0.15, 0.2) is 17.5 Å². The van der Waals surface area contributed by atoms with Crippen molar-refractivity contribution in [3.05, 3.63) is 84.0 Å². The molecular weight excluding hydrogens is 364 g/mol. The van der Waals surface area contributed by atoms with E-state index in [1.54, 1.807) is 0 Å². The highest BCUT2D eigenvalue weighted by atomic mass is 19.2. The van der Waals surface area contributed by atoms with E-state index in [9.17, 15) is 22.4 Å². The third kappa shape index (κ3) is 3.76. The Morgan fingerprint density at radius 2 is 1.67 bits per heavy atom. The maximum absolute atomic E-state index is 14.1. The summed E-state index contributed by atoms with van der Waals surface area (Å²) >= 11 is 0. The van der Waals surface area contributed by atoms with Crippen molar-refractivity contribution >= 4 is 16.7 Å². The molecule has 0 aromatic heterocycles. The van der Waals surface area contributed by atoms with Gasteiger partial charge in [-0.25, -0.2) is 22.4 Å². The molecule has 0 N–H and O–H groups in total. The highest BCUT2D eigenvalue weighted by Gasteiger charge is 2.17. The quantitative estimate of drug-likeness (QED) is 0.202. The fraction of sp³-hybridized carbons (Fsp3) is 0.0500. The van der Waals surface area contributed by atoms with Gasteiger partial charge in [-0.1, -0.05) is 12.7 Å². The summed E-state index contributed by atoms with van der Waals surface area (Å²) in [6.07, 6.45) is 1.48. The molecule has 27 heavy (non-hydrogen) atoms. The molecule has 0 aliphatic heterocycles. The van der Waals surface area contributed by atoms with Gasteiger partial charge in [-0.2, -0.15) is 0 Å². The molecular formula is C20H12F4O3. The van der Waals surface area contributed by atoms with Gasteiger partial charge in [0.1, 0.15) is 23.9 Å². The molecule has 0 atom stereocenters. The van der Waals surface area contributed by atoms with Crippen LogP contribution in [0.2, 0.25) is 0 Å². The SMILES string of the molecule is C=CCOc1ccc(C(=O)Oc2ccc3c(F)c(F)c(F)cc3c2)c(F)c1. The first-order chi connectivity index (χ1) is 12.9. The molecule has 7 heteroatoms. The van der Waals surface area contributed by atoms with E-state index in [-0.39, 0.29) is 34.4 Å². The number of ether oxygens (including phenoxy) is 2. The average Bonchev–Trinajstić information content (AvgIpc) is 2.64. The first-order valence-electron chi connectivity index (χ1n) is 7.73. The van der Waals surface area contributed by atoms with E-state index in [0.29, 0.717) is 0 Å². The summed E-state index contributed by atoms with van der Waals surface area (Å²) in [6, 6.07) is 7.85. The summed E-state index contributed by atoms with van der Waals surface area (Å²) in [7, 11) is 0. The predicted molar refractivity (Wildman–Crippen MR) is 90.9 cm³/mol. The van der Waals surface area contributed by atoms with Gasteiger partial charge in [0.2, 0.25) is 0 Å². The first kappa shape index (κ1) is 18.4. The molecule has 0 spiro atoms. The molecule has 0 aliphatic carbocycles. The van der Waals surface area contributed by atoms with E-state index in [4.69, 9.17) is 9.47 Å². The molecule has 3 aromatic carbocycles. The lowest BCUT2D eigenvalue weighted by molar-refractivity contribution is 0.0730. The van der Waals surface area contributed by atoms with Crippen LogP contribution in [0, 0.1) is 23.3 Å². The van der Waals surface area contributed by atoms with Crippen molar-refractivity contribution < 1.29 is 31.8 Å². The van der Waals surface area contributed by atoms with E-state index in [1.807, 2.05) is 0 Å². The summed E-state index contributed by atoms with van der Waals surface area (Å²) in [5.41, 5.74) is -0.350. The van der Waals surface area contributed by atoms with Crippen molar-refractivity contribution in [2.24, 2.45) is 0 Å². The van der Waals surface area contributed by atoms with Crippen molar-refractivity contribution in [1.29, 1.82) is 0 Å². The molecule has 0 unspecified atom stereocenters. The highest BCUT2D eigenvalue weighted by Crippen LogP contribution is 2.27. The van der Waals surface area contributed by atoms with Crippen LogP contribution < -0.4 is 9.47 Å². The van der Waals surface area contributed by atoms with Crippen LogP contribution in [0.5, 0.6) is 11.5 Å². The van der Waals surface area contributed by atoms with Crippen LogP contribution in [-0.4, -0.2) is 12.6 Å². The van der Waals surface area contributed by atoms with E-state index >= 15 is 0 Å². The summed E-state index contributed by atoms with van der Waals surface area (Å²) in [5.74, 6) is -6.04. The number of rotatable bonds is 5. The lowest BCUT2D eigenvalue weighted by atomic mass is 10.1. The second-order valence-electron chi connectivity index (χ2n) is 5.50. The zero-order chi connectivity index (χ0) is 19.6. The summed E-state index contributed by atoms with van der Waals surface area (Å²) in [6.45, 7) is 3.64. The van der Waals surface area contributed by atoms with Crippen LogP contribution in [0.15, 0.2) is 55.1 Å². The zero-order valence-electron chi connectivity index (χ0n) is 13.8. The fourth-order valence-electron chi connectivity index (χ4n) is 2.41. The predicted octanol–water partition coefficient (Wildman–Crippen LogP) is 5.18. The molecule has 3 rings (SSSR count). The molecule has 0 saturated heterocycles. The van der Waals surface area contributed by atoms with Crippen LogP contribution in [-0.2, 0) is 0 Å². The van der Waals surface area contributed by atoms with Crippen molar-refractivity contribution in [3.63, 3.8) is 0 Å². The molecule has 3 aromatic rings. The molecule has 0 fully saturated rings. The maximum atomic E-state index is 14.1. The maximum Gasteiger partial charge on any atom is 0.346 e. The normalized spacial score (nSPS) is 10.7. The summed E-state index contributed by atoms with van der Waals surface area (Å²) < 4.78 is 64.6. The van der Waals surface area contributed by atoms with E-state index in [1.165, 1.54) is 24.3 Å². The smallest absolute Gasteiger partial charge is 0.346 e. The van der Waals surface area contributed by atoms with Gasteiger partial charge >= 0.3 is 5.97 Å². The van der Waals surface area contributed by atoms with Gasteiger partial charge < -0.3 is 9.47 Å². The summed E-state index contributed by atoms with van der Waals surface area (Å²) in [4.78, 5) is 12.2. The Labute approximate surface area is 151 Å². The summed E-state index contributed by atoms with van der Waals surface area (Å²) in [5, 5.41) is -0.186. The molecule has 0 bridgehead atoms. The Balaban J connectivity index is 1.85. The van der Waals surface area contributed by atoms with Gasteiger partial charge in [-0.3, -0.25) is 0 Å². The van der Waals surface area contributed by atoms with Crippen molar-refractivity contribution in [1.82, 2.24) is 0 Å². The van der Waals surface area contributed by atoms with Crippen LogP contribution in [0.4, 0.5) is 17.6 Å². The Morgan fingerprint density at radius 3 is 2.37 bits per heavy atom. The number of hydrogen-bond donors (Lipinski definition) is 0. The highest BCUT2D eigenvalue weighted by molar-refractivity contribution is 5.92. The molecule has 138 valence electrons. The van der Waals surface area contributed by atoms with E-state index < -0.39 is 29.2 Å². The van der Waals surface area contributed by atoms with Crippen LogP contribution in [0.3, 0.4) is 0 Å². The number of halogens is 4. The Bertz CT molecular complexity index is 1050. The van der Waals surface area contributed by atoms with Gasteiger partial charge in [-0.15, -0.1) is 0 Å². The second-order valence-corrected chi connectivity index (χ2v) is 5.50. The lowest BCUT2D eigenvalue weighted by Crippen LogP contribution is -2.11. The van der Waals surface area contributed by atoms with Crippen molar-refractivity contribution in [2.75, 3.05) is 6.61 Å². The number of esters is 1. The number of carbonyl (C=O) groups is 1. The van der Waals surface area contributed by atoms with E-state index in [2.05, 4.69) is 6.58 Å². The average molecular weight is 376 g/mol. The molecule has 0 radical (unpaired) electrons. The number of carbonyl (C=O) groups excluding carboxylic acids is 1. The van der Waals surface area contributed by atoms with Crippen molar-refractivity contribution in [2.45, 2.75) is 0 Å². The molecule has 0 heterocycles. The second kappa shape index (κ2) is 7.49. The Hall–Kier alpha value is -3.35.